The van der Waals surface area contributed by atoms with Gasteiger partial charge in [0.1, 0.15) is 0 Å². The predicted molar refractivity (Wildman–Crippen MR) is 79.4 cm³/mol. The summed E-state index contributed by atoms with van der Waals surface area (Å²) >= 11 is 1.96. The van der Waals surface area contributed by atoms with Gasteiger partial charge in [-0.2, -0.15) is 0 Å². The molecule has 0 bridgehead atoms. The molecule has 18 heavy (non-hydrogen) atoms. The number of hydrogen-bond donors (Lipinski definition) is 1. The van der Waals surface area contributed by atoms with Crippen LogP contribution in [0.15, 0.2) is 24.3 Å². The molecule has 0 spiro atoms. The Kier molecular flexibility index (Phi) is 3.00. The van der Waals surface area contributed by atoms with E-state index in [0.29, 0.717) is 6.04 Å². The first-order valence-corrected chi connectivity index (χ1v) is 7.41. The summed E-state index contributed by atoms with van der Waals surface area (Å²) in [5.74, 6) is 0. The predicted octanol–water partition coefficient (Wildman–Crippen LogP) is 4.24. The molecule has 0 amide bonds. The highest BCUT2D eigenvalue weighted by molar-refractivity contribution is 7.15. The zero-order valence-electron chi connectivity index (χ0n) is 11.2. The van der Waals surface area contributed by atoms with Crippen LogP contribution in [0.4, 0.5) is 0 Å². The molecule has 1 aromatic heterocycles. The molecule has 3 rings (SSSR count). The molecule has 0 saturated heterocycles. The van der Waals surface area contributed by atoms with E-state index in [-0.39, 0.29) is 0 Å². The van der Waals surface area contributed by atoms with Crippen molar-refractivity contribution in [2.45, 2.75) is 33.2 Å². The summed E-state index contributed by atoms with van der Waals surface area (Å²) in [7, 11) is 0. The molecular formula is C16H19NS. The Morgan fingerprint density at radius 2 is 2.11 bits per heavy atom. The molecule has 1 aromatic carbocycles. The molecule has 2 aromatic rings. The van der Waals surface area contributed by atoms with E-state index in [9.17, 15) is 0 Å². The van der Waals surface area contributed by atoms with Gasteiger partial charge in [0, 0.05) is 15.8 Å². The molecule has 0 aliphatic carbocycles. The van der Waals surface area contributed by atoms with E-state index in [1.807, 2.05) is 11.3 Å². The summed E-state index contributed by atoms with van der Waals surface area (Å²) in [5, 5.41) is 3.54. The van der Waals surface area contributed by atoms with Crippen LogP contribution in [0.3, 0.4) is 0 Å². The molecule has 1 nitrogen and oxygen atoms in total. The highest BCUT2D eigenvalue weighted by Gasteiger charge is 2.20. The third-order valence-corrected chi connectivity index (χ3v) is 5.34. The number of hydrogen-bond acceptors (Lipinski definition) is 2. The Morgan fingerprint density at radius 3 is 2.89 bits per heavy atom. The molecule has 0 saturated carbocycles. The summed E-state index contributed by atoms with van der Waals surface area (Å²) < 4.78 is 0. The molecule has 1 aliphatic rings. The zero-order valence-corrected chi connectivity index (χ0v) is 12.0. The maximum Gasteiger partial charge on any atom is 0.0389 e. The highest BCUT2D eigenvalue weighted by Crippen LogP contribution is 2.38. The average molecular weight is 257 g/mol. The fraction of sp³-hybridized carbons (Fsp3) is 0.375. The average Bonchev–Trinajstić information content (AvgIpc) is 2.78. The largest absolute Gasteiger partial charge is 0.309 e. The third-order valence-electron chi connectivity index (χ3n) is 3.95. The lowest BCUT2D eigenvalue weighted by Gasteiger charge is -2.19. The molecule has 1 aliphatic heterocycles. The third kappa shape index (κ3) is 1.90. The van der Waals surface area contributed by atoms with Gasteiger partial charge in [-0.25, -0.2) is 0 Å². The number of rotatable bonds is 1. The monoisotopic (exact) mass is 257 g/mol. The summed E-state index contributed by atoms with van der Waals surface area (Å²) in [5.41, 5.74) is 5.74. The van der Waals surface area contributed by atoms with Crippen LogP contribution in [-0.2, 0) is 6.42 Å². The van der Waals surface area contributed by atoms with E-state index in [2.05, 4.69) is 50.4 Å². The highest BCUT2D eigenvalue weighted by atomic mass is 32.1. The Bertz CT molecular complexity index is 583. The Morgan fingerprint density at radius 1 is 1.28 bits per heavy atom. The van der Waals surface area contributed by atoms with Crippen LogP contribution in [0, 0.1) is 13.8 Å². The molecule has 1 unspecified atom stereocenters. The number of benzene rings is 1. The Balaban J connectivity index is 2.10. The van der Waals surface area contributed by atoms with Crippen LogP contribution >= 0.6 is 11.3 Å². The SMILES string of the molecule is Cc1cccc(-c2cc3c(s2)C(C)NCC3)c1C. The van der Waals surface area contributed by atoms with Gasteiger partial charge in [0.15, 0.2) is 0 Å². The van der Waals surface area contributed by atoms with Crippen LogP contribution in [0.5, 0.6) is 0 Å². The first-order valence-electron chi connectivity index (χ1n) is 6.59. The molecule has 0 fully saturated rings. The standard InChI is InChI=1S/C16H19NS/c1-10-5-4-6-14(11(10)2)15-9-13-7-8-17-12(3)16(13)18-15/h4-6,9,12,17H,7-8H2,1-3H3. The minimum atomic E-state index is 0.512. The molecule has 94 valence electrons. The van der Waals surface area contributed by atoms with Gasteiger partial charge in [0.05, 0.1) is 0 Å². The lowest BCUT2D eigenvalue weighted by atomic mass is 10.00. The lowest BCUT2D eigenvalue weighted by molar-refractivity contribution is 0.551. The zero-order chi connectivity index (χ0) is 12.7. The van der Waals surface area contributed by atoms with Crippen molar-refractivity contribution < 1.29 is 0 Å². The number of fused-ring (bicyclic) bond motifs is 1. The lowest BCUT2D eigenvalue weighted by Crippen LogP contribution is -2.26. The normalized spacial score (nSPS) is 18.7. The second-order valence-electron chi connectivity index (χ2n) is 5.17. The summed E-state index contributed by atoms with van der Waals surface area (Å²) in [6, 6.07) is 9.52. The van der Waals surface area contributed by atoms with Crippen molar-refractivity contribution in [1.82, 2.24) is 5.32 Å². The van der Waals surface area contributed by atoms with E-state index in [4.69, 9.17) is 0 Å². The number of aryl methyl sites for hydroxylation is 1. The van der Waals surface area contributed by atoms with Crippen molar-refractivity contribution in [3.05, 3.63) is 45.8 Å². The van der Waals surface area contributed by atoms with E-state index in [1.54, 1.807) is 5.56 Å². The molecule has 2 heterocycles. The Labute approximate surface area is 113 Å². The molecule has 1 atom stereocenters. The Hall–Kier alpha value is -1.12. The van der Waals surface area contributed by atoms with Crippen LogP contribution in [-0.4, -0.2) is 6.54 Å². The summed E-state index contributed by atoms with van der Waals surface area (Å²) in [6.45, 7) is 7.79. The van der Waals surface area contributed by atoms with Gasteiger partial charge >= 0.3 is 0 Å². The van der Waals surface area contributed by atoms with E-state index >= 15 is 0 Å². The molecule has 2 heteroatoms. The second kappa shape index (κ2) is 4.52. The van der Waals surface area contributed by atoms with E-state index in [1.165, 1.54) is 32.9 Å². The van der Waals surface area contributed by atoms with Crippen LogP contribution in [0.1, 0.15) is 34.5 Å². The van der Waals surface area contributed by atoms with Crippen molar-refractivity contribution >= 4 is 11.3 Å². The minimum Gasteiger partial charge on any atom is -0.309 e. The van der Waals surface area contributed by atoms with Gasteiger partial charge in [-0.1, -0.05) is 18.2 Å². The fourth-order valence-electron chi connectivity index (χ4n) is 2.67. The number of thiophene rings is 1. The van der Waals surface area contributed by atoms with Crippen molar-refractivity contribution in [1.29, 1.82) is 0 Å². The topological polar surface area (TPSA) is 12.0 Å². The van der Waals surface area contributed by atoms with E-state index in [0.717, 1.165) is 6.54 Å². The summed E-state index contributed by atoms with van der Waals surface area (Å²) in [6.07, 6.45) is 1.17. The molecular weight excluding hydrogens is 238 g/mol. The van der Waals surface area contributed by atoms with Crippen molar-refractivity contribution in [3.8, 4) is 10.4 Å². The quantitative estimate of drug-likeness (QED) is 0.806. The van der Waals surface area contributed by atoms with Crippen LogP contribution in [0.25, 0.3) is 10.4 Å². The first-order chi connectivity index (χ1) is 8.66. The number of nitrogens with one attached hydrogen (secondary N) is 1. The van der Waals surface area contributed by atoms with E-state index < -0.39 is 0 Å². The fourth-order valence-corrected chi connectivity index (χ4v) is 3.99. The first kappa shape index (κ1) is 11.9. The minimum absolute atomic E-state index is 0.512. The second-order valence-corrected chi connectivity index (χ2v) is 6.26. The van der Waals surface area contributed by atoms with Gasteiger partial charge in [-0.05, 0) is 62.1 Å². The molecule has 1 N–H and O–H groups in total. The maximum absolute atomic E-state index is 3.54. The smallest absolute Gasteiger partial charge is 0.0389 e. The van der Waals surface area contributed by atoms with Crippen molar-refractivity contribution in [3.63, 3.8) is 0 Å². The van der Waals surface area contributed by atoms with Gasteiger partial charge < -0.3 is 5.32 Å². The van der Waals surface area contributed by atoms with Crippen molar-refractivity contribution in [2.24, 2.45) is 0 Å². The summed E-state index contributed by atoms with van der Waals surface area (Å²) in [4.78, 5) is 2.95. The van der Waals surface area contributed by atoms with Gasteiger partial charge in [0.2, 0.25) is 0 Å². The maximum atomic E-state index is 3.54. The van der Waals surface area contributed by atoms with Crippen molar-refractivity contribution in [2.75, 3.05) is 6.54 Å². The van der Waals surface area contributed by atoms with Crippen LogP contribution < -0.4 is 5.32 Å². The van der Waals surface area contributed by atoms with Gasteiger partial charge in [0.25, 0.3) is 0 Å². The van der Waals surface area contributed by atoms with Crippen LogP contribution in [0.2, 0.25) is 0 Å². The van der Waals surface area contributed by atoms with Gasteiger partial charge in [-0.15, -0.1) is 11.3 Å². The van der Waals surface area contributed by atoms with Gasteiger partial charge in [-0.3, -0.25) is 0 Å². The molecule has 0 radical (unpaired) electrons.